The van der Waals surface area contributed by atoms with E-state index in [0.29, 0.717) is 0 Å². The summed E-state index contributed by atoms with van der Waals surface area (Å²) < 4.78 is 1.91. The van der Waals surface area contributed by atoms with Crippen LogP contribution in [0.2, 0.25) is 0 Å². The van der Waals surface area contributed by atoms with Crippen molar-refractivity contribution in [1.82, 2.24) is 20.2 Å². The second-order valence-electron chi connectivity index (χ2n) is 5.24. The predicted octanol–water partition coefficient (Wildman–Crippen LogP) is 2.02. The Balaban J connectivity index is 1.99. The van der Waals surface area contributed by atoms with Crippen molar-refractivity contribution in [1.29, 1.82) is 0 Å². The molecular weight excluding hydrogens is 262 g/mol. The second-order valence-corrected chi connectivity index (χ2v) is 5.24. The first-order valence-electron chi connectivity index (χ1n) is 6.98. The van der Waals surface area contributed by atoms with E-state index >= 15 is 0 Å². The maximum Gasteiger partial charge on any atom is 0.0722 e. The molecule has 1 unspecified atom stereocenters. The summed E-state index contributed by atoms with van der Waals surface area (Å²) in [4.78, 5) is 4.20. The molecular formula is C16H19N5. The molecule has 108 valence electrons. The van der Waals surface area contributed by atoms with Gasteiger partial charge in [0.1, 0.15) is 0 Å². The molecule has 3 rings (SSSR count). The van der Waals surface area contributed by atoms with E-state index in [4.69, 9.17) is 5.84 Å². The minimum atomic E-state index is -0.00277. The fourth-order valence-electron chi connectivity index (χ4n) is 2.73. The van der Waals surface area contributed by atoms with Gasteiger partial charge in [-0.3, -0.25) is 20.9 Å². The first kappa shape index (κ1) is 13.7. The van der Waals surface area contributed by atoms with Crippen LogP contribution >= 0.6 is 0 Å². The van der Waals surface area contributed by atoms with E-state index < -0.39 is 0 Å². The lowest BCUT2D eigenvalue weighted by Gasteiger charge is -2.17. The lowest BCUT2D eigenvalue weighted by Crippen LogP contribution is -2.30. The minimum absolute atomic E-state index is 0.00277. The summed E-state index contributed by atoms with van der Waals surface area (Å²) in [6.45, 7) is 2.07. The quantitative estimate of drug-likeness (QED) is 0.567. The van der Waals surface area contributed by atoms with Gasteiger partial charge in [-0.2, -0.15) is 5.10 Å². The van der Waals surface area contributed by atoms with E-state index in [9.17, 15) is 0 Å². The Bertz CT molecular complexity index is 762. The maximum absolute atomic E-state index is 5.76. The third-order valence-corrected chi connectivity index (χ3v) is 3.89. The van der Waals surface area contributed by atoms with Crippen molar-refractivity contribution in [2.45, 2.75) is 19.4 Å². The van der Waals surface area contributed by atoms with Gasteiger partial charge in [-0.05, 0) is 30.2 Å². The van der Waals surface area contributed by atoms with Crippen molar-refractivity contribution >= 4 is 10.9 Å². The molecule has 0 amide bonds. The normalized spacial score (nSPS) is 12.7. The van der Waals surface area contributed by atoms with Crippen LogP contribution in [0, 0.1) is 6.92 Å². The van der Waals surface area contributed by atoms with Gasteiger partial charge in [-0.25, -0.2) is 0 Å². The van der Waals surface area contributed by atoms with E-state index in [-0.39, 0.29) is 6.04 Å². The van der Waals surface area contributed by atoms with Crippen molar-refractivity contribution in [2.75, 3.05) is 0 Å². The molecule has 0 saturated heterocycles. The molecule has 3 aromatic rings. The van der Waals surface area contributed by atoms with Crippen LogP contribution in [-0.4, -0.2) is 14.8 Å². The number of rotatable bonds is 4. The van der Waals surface area contributed by atoms with Crippen LogP contribution in [0.1, 0.15) is 22.9 Å². The Hall–Kier alpha value is -2.24. The van der Waals surface area contributed by atoms with E-state index in [0.717, 1.165) is 23.2 Å². The fraction of sp³-hybridized carbons (Fsp3) is 0.250. The number of benzene rings is 1. The molecule has 5 heteroatoms. The Kier molecular flexibility index (Phi) is 3.68. The number of nitrogens with one attached hydrogen (secondary N) is 1. The summed E-state index contributed by atoms with van der Waals surface area (Å²) in [7, 11) is 1.96. The monoisotopic (exact) mass is 281 g/mol. The molecule has 0 aliphatic heterocycles. The molecule has 0 saturated carbocycles. The van der Waals surface area contributed by atoms with E-state index in [2.05, 4.69) is 34.6 Å². The Labute approximate surface area is 123 Å². The van der Waals surface area contributed by atoms with Gasteiger partial charge in [0, 0.05) is 31.2 Å². The molecule has 2 heterocycles. The van der Waals surface area contributed by atoms with Crippen molar-refractivity contribution in [3.05, 3.63) is 59.5 Å². The summed E-state index contributed by atoms with van der Waals surface area (Å²) in [6, 6.07) is 10.2. The van der Waals surface area contributed by atoms with Gasteiger partial charge in [0.15, 0.2) is 0 Å². The summed E-state index contributed by atoms with van der Waals surface area (Å²) in [5.41, 5.74) is 7.34. The molecule has 0 aliphatic rings. The minimum Gasteiger partial charge on any atom is -0.271 e. The van der Waals surface area contributed by atoms with Gasteiger partial charge in [0.2, 0.25) is 0 Å². The van der Waals surface area contributed by atoms with Gasteiger partial charge >= 0.3 is 0 Å². The number of fused-ring (bicyclic) bond motifs is 1. The fourth-order valence-corrected chi connectivity index (χ4v) is 2.73. The van der Waals surface area contributed by atoms with Crippen LogP contribution in [0.15, 0.2) is 42.7 Å². The molecule has 1 aromatic carbocycles. The van der Waals surface area contributed by atoms with Gasteiger partial charge in [0.05, 0.1) is 17.3 Å². The van der Waals surface area contributed by atoms with Crippen LogP contribution in [0.25, 0.3) is 10.9 Å². The highest BCUT2D eigenvalue weighted by atomic mass is 15.3. The molecule has 3 N–H and O–H groups in total. The molecule has 2 aromatic heterocycles. The van der Waals surface area contributed by atoms with E-state index in [1.54, 1.807) is 6.20 Å². The van der Waals surface area contributed by atoms with Crippen LogP contribution in [0.4, 0.5) is 0 Å². The zero-order valence-corrected chi connectivity index (χ0v) is 12.2. The highest BCUT2D eigenvalue weighted by molar-refractivity contribution is 5.81. The van der Waals surface area contributed by atoms with Gasteiger partial charge in [-0.1, -0.05) is 18.2 Å². The number of aryl methyl sites for hydroxylation is 2. The van der Waals surface area contributed by atoms with Crippen molar-refractivity contribution in [3.63, 3.8) is 0 Å². The van der Waals surface area contributed by atoms with E-state index in [1.165, 1.54) is 10.9 Å². The predicted molar refractivity (Wildman–Crippen MR) is 83.5 cm³/mol. The summed E-state index contributed by atoms with van der Waals surface area (Å²) >= 11 is 0. The van der Waals surface area contributed by atoms with Gasteiger partial charge < -0.3 is 0 Å². The second kappa shape index (κ2) is 5.63. The Morgan fingerprint density at radius 3 is 2.86 bits per heavy atom. The number of aromatic nitrogens is 3. The third-order valence-electron chi connectivity index (χ3n) is 3.89. The van der Waals surface area contributed by atoms with Crippen LogP contribution < -0.4 is 11.3 Å². The molecule has 0 fully saturated rings. The number of pyridine rings is 1. The van der Waals surface area contributed by atoms with Crippen LogP contribution in [0.3, 0.4) is 0 Å². The van der Waals surface area contributed by atoms with E-state index in [1.807, 2.05) is 36.1 Å². The molecule has 0 aliphatic carbocycles. The van der Waals surface area contributed by atoms with Crippen LogP contribution in [0.5, 0.6) is 0 Å². The van der Waals surface area contributed by atoms with Crippen molar-refractivity contribution in [2.24, 2.45) is 12.9 Å². The number of nitrogens with zero attached hydrogens (tertiary/aromatic N) is 3. The first-order valence-corrected chi connectivity index (χ1v) is 6.98. The molecule has 0 bridgehead atoms. The lowest BCUT2D eigenvalue weighted by atomic mass is 9.99. The zero-order chi connectivity index (χ0) is 14.8. The largest absolute Gasteiger partial charge is 0.271 e. The molecule has 0 spiro atoms. The lowest BCUT2D eigenvalue weighted by molar-refractivity contribution is 0.539. The number of hydrogen-bond donors (Lipinski definition) is 2. The first-order chi connectivity index (χ1) is 10.2. The standard InChI is InChI=1S/C16H19N5/c1-11-7-8-18-10-13(11)14(19-17)9-15-12-5-3-4-6-16(12)21(2)20-15/h3-8,10,14,19H,9,17H2,1-2H3. The highest BCUT2D eigenvalue weighted by Crippen LogP contribution is 2.24. The van der Waals surface area contributed by atoms with Gasteiger partial charge in [0.25, 0.3) is 0 Å². The zero-order valence-electron chi connectivity index (χ0n) is 12.2. The maximum atomic E-state index is 5.76. The summed E-state index contributed by atoms with van der Waals surface area (Å²) in [6.07, 6.45) is 4.39. The Morgan fingerprint density at radius 1 is 1.29 bits per heavy atom. The highest BCUT2D eigenvalue weighted by Gasteiger charge is 2.17. The summed E-state index contributed by atoms with van der Waals surface area (Å²) in [5.74, 6) is 5.76. The number of hydrogen-bond acceptors (Lipinski definition) is 4. The molecule has 1 atom stereocenters. The molecule has 0 radical (unpaired) electrons. The van der Waals surface area contributed by atoms with Crippen LogP contribution in [-0.2, 0) is 13.5 Å². The third kappa shape index (κ3) is 2.53. The Morgan fingerprint density at radius 2 is 2.10 bits per heavy atom. The number of nitrogens with two attached hydrogens (primary N) is 1. The number of para-hydroxylation sites is 1. The molecule has 21 heavy (non-hydrogen) atoms. The average Bonchev–Trinajstić information content (AvgIpc) is 2.82. The smallest absolute Gasteiger partial charge is 0.0722 e. The van der Waals surface area contributed by atoms with Crippen molar-refractivity contribution in [3.8, 4) is 0 Å². The summed E-state index contributed by atoms with van der Waals surface area (Å²) in [5, 5.41) is 5.80. The number of hydrazine groups is 1. The average molecular weight is 281 g/mol. The molecule has 5 nitrogen and oxygen atoms in total. The van der Waals surface area contributed by atoms with Crippen molar-refractivity contribution < 1.29 is 0 Å². The SMILES string of the molecule is Cc1ccncc1C(Cc1nn(C)c2ccccc12)NN. The van der Waals surface area contributed by atoms with Gasteiger partial charge in [-0.15, -0.1) is 0 Å². The topological polar surface area (TPSA) is 68.8 Å².